The second-order valence-corrected chi connectivity index (χ2v) is 11.3. The van der Waals surface area contributed by atoms with Crippen LogP contribution in [0, 0.1) is 0 Å². The van der Waals surface area contributed by atoms with Crippen LogP contribution in [0.1, 0.15) is 0 Å². The predicted octanol–water partition coefficient (Wildman–Crippen LogP) is 2.39. The highest BCUT2D eigenvalue weighted by Gasteiger charge is 2.15. The number of rotatable bonds is 1. The van der Waals surface area contributed by atoms with Crippen LogP contribution >= 0.6 is 67.8 Å². The fraction of sp³-hybridized carbons (Fsp3) is 1.00. The van der Waals surface area contributed by atoms with Gasteiger partial charge in [0.1, 0.15) is 0 Å². The van der Waals surface area contributed by atoms with E-state index in [0.717, 1.165) is 0 Å². The van der Waals surface area contributed by atoms with Crippen molar-refractivity contribution in [3.63, 3.8) is 0 Å². The maximum atomic E-state index is 7.88. The van der Waals surface area contributed by atoms with Gasteiger partial charge in [0.2, 0.25) is 0 Å². The molecular weight excluding hydrogens is 425 g/mol. The van der Waals surface area contributed by atoms with Gasteiger partial charge in [-0.1, -0.05) is 0 Å². The minimum absolute atomic E-state index is 0.493. The minimum atomic E-state index is -0.493. The molecule has 0 atom stereocenters. The summed E-state index contributed by atoms with van der Waals surface area (Å²) >= 11 is 5.83. The Bertz CT molecular complexity index is 38.5. The molecule has 0 unspecified atom stereocenters. The van der Waals surface area contributed by atoms with Gasteiger partial charge in [-0.05, 0) is 67.8 Å². The molecule has 6 heavy (non-hydrogen) atoms. The Morgan fingerprint density at radius 3 is 1.50 bits per heavy atom. The molecule has 5 heteroatoms. The van der Waals surface area contributed by atoms with Crippen molar-refractivity contribution in [2.75, 3.05) is 0 Å². The van der Waals surface area contributed by atoms with Gasteiger partial charge >= 0.3 is 0 Å². The van der Waals surface area contributed by atoms with Crippen LogP contribution in [0.25, 0.3) is 0 Å². The van der Waals surface area contributed by atoms with Crippen molar-refractivity contribution in [1.29, 1.82) is 0 Å². The van der Waals surface area contributed by atoms with Crippen molar-refractivity contribution >= 4 is 67.8 Å². The van der Waals surface area contributed by atoms with Gasteiger partial charge in [-0.25, -0.2) is 10.1 Å². The molecule has 0 aromatic rings. The number of alkyl halides is 3. The first kappa shape index (κ1) is 8.11. The van der Waals surface area contributed by atoms with Crippen molar-refractivity contribution in [1.82, 2.24) is 0 Å². The van der Waals surface area contributed by atoms with Crippen LogP contribution in [0.5, 0.6) is 0 Å². The highest BCUT2D eigenvalue weighted by atomic mass is 127. The van der Waals surface area contributed by atoms with E-state index in [4.69, 9.17) is 5.26 Å². The molecule has 0 aromatic carbocycles. The molecule has 0 bridgehead atoms. The van der Waals surface area contributed by atoms with Crippen LogP contribution in [-0.4, -0.2) is 4.88 Å². The molecule has 0 rings (SSSR count). The van der Waals surface area contributed by atoms with Crippen molar-refractivity contribution in [2.45, 2.75) is -0.379 Å². The van der Waals surface area contributed by atoms with Crippen LogP contribution in [0.3, 0.4) is 0 Å². The standard InChI is InChI=1S/CHI3O2/c2-1(3,4)6-5/h5H. The van der Waals surface area contributed by atoms with E-state index in [1.165, 1.54) is 0 Å². The van der Waals surface area contributed by atoms with E-state index in [1.807, 2.05) is 67.8 Å². The van der Waals surface area contributed by atoms with Crippen LogP contribution < -0.4 is 0 Å². The maximum Gasteiger partial charge on any atom is 0.252 e. The summed E-state index contributed by atoms with van der Waals surface area (Å²) in [5.74, 6) is 0. The van der Waals surface area contributed by atoms with E-state index in [1.54, 1.807) is 0 Å². The molecule has 0 aliphatic rings. The van der Waals surface area contributed by atoms with Crippen LogP contribution in [0.15, 0.2) is 0 Å². The first-order valence-corrected chi connectivity index (χ1v) is 4.19. The highest BCUT2D eigenvalue weighted by molar-refractivity contribution is 14.3. The van der Waals surface area contributed by atoms with E-state index in [9.17, 15) is 0 Å². The van der Waals surface area contributed by atoms with Crippen molar-refractivity contribution in [2.24, 2.45) is 0 Å². The summed E-state index contributed by atoms with van der Waals surface area (Å²) in [7, 11) is 0. The number of hydrogen-bond acceptors (Lipinski definition) is 2. The Balaban J connectivity index is 3.17. The lowest BCUT2D eigenvalue weighted by atomic mass is 11.7. The van der Waals surface area contributed by atoms with Gasteiger partial charge in [-0.2, -0.15) is 0 Å². The molecule has 0 spiro atoms. The lowest BCUT2D eigenvalue weighted by molar-refractivity contribution is -0.228. The monoisotopic (exact) mass is 426 g/mol. The van der Waals surface area contributed by atoms with E-state index in [2.05, 4.69) is 4.89 Å². The quantitative estimate of drug-likeness (QED) is 0.303. The lowest BCUT2D eigenvalue weighted by Gasteiger charge is -2.03. The Labute approximate surface area is 76.4 Å². The summed E-state index contributed by atoms with van der Waals surface area (Å²) in [6.07, 6.45) is 0. The van der Waals surface area contributed by atoms with Gasteiger partial charge in [-0.15, -0.1) is 0 Å². The largest absolute Gasteiger partial charge is 0.252 e. The zero-order chi connectivity index (χ0) is 5.21. The molecule has 38 valence electrons. The first-order valence-electron chi connectivity index (χ1n) is 0.954. The molecule has 0 amide bonds. The van der Waals surface area contributed by atoms with Crippen molar-refractivity contribution in [3.8, 4) is 0 Å². The number of hydrogen-bond donors (Lipinski definition) is 1. The molecule has 0 aliphatic carbocycles. The predicted molar refractivity (Wildman–Crippen MR) is 48.5 cm³/mol. The van der Waals surface area contributed by atoms with Gasteiger partial charge in [-0.3, -0.25) is 0 Å². The summed E-state index contributed by atoms with van der Waals surface area (Å²) in [6.45, 7) is 0. The van der Waals surface area contributed by atoms with Gasteiger partial charge in [0.05, 0.1) is 0 Å². The molecule has 0 radical (unpaired) electrons. The number of halogens is 3. The van der Waals surface area contributed by atoms with Crippen molar-refractivity contribution < 1.29 is 10.1 Å². The van der Waals surface area contributed by atoms with Crippen molar-refractivity contribution in [3.05, 3.63) is 0 Å². The lowest BCUT2D eigenvalue weighted by Crippen LogP contribution is -1.99. The third kappa shape index (κ3) is 6.11. The molecule has 0 aliphatic heterocycles. The fourth-order valence-electron chi connectivity index (χ4n) is 0. The normalized spacial score (nSPS) is 12.0. The first-order chi connectivity index (χ1) is 2.56. The Hall–Kier alpha value is 2.11. The SMILES string of the molecule is OOC(I)(I)I. The maximum absolute atomic E-state index is 7.88. The fourth-order valence-corrected chi connectivity index (χ4v) is 0. The molecule has 0 saturated carbocycles. The smallest absolute Gasteiger partial charge is 0.249 e. The molecule has 1 N–H and O–H groups in total. The van der Waals surface area contributed by atoms with Crippen LogP contribution in [0.4, 0.5) is 0 Å². The van der Waals surface area contributed by atoms with E-state index >= 15 is 0 Å². The Morgan fingerprint density at radius 2 is 1.50 bits per heavy atom. The highest BCUT2D eigenvalue weighted by Crippen LogP contribution is 2.35. The van der Waals surface area contributed by atoms with Gasteiger partial charge < -0.3 is 0 Å². The minimum Gasteiger partial charge on any atom is -0.249 e. The third-order valence-corrected chi connectivity index (χ3v) is 0.694. The van der Waals surface area contributed by atoms with Gasteiger partial charge in [0, 0.05) is 0 Å². The Morgan fingerprint density at radius 1 is 1.33 bits per heavy atom. The second-order valence-electron chi connectivity index (χ2n) is 0.537. The third-order valence-electron chi connectivity index (χ3n) is 0.104. The summed E-state index contributed by atoms with van der Waals surface area (Å²) in [5, 5.41) is 7.88. The summed E-state index contributed by atoms with van der Waals surface area (Å²) in [4.78, 5) is 3.90. The van der Waals surface area contributed by atoms with E-state index in [-0.39, 0.29) is 0 Å². The molecule has 2 nitrogen and oxygen atoms in total. The molecule has 0 aromatic heterocycles. The summed E-state index contributed by atoms with van der Waals surface area (Å²) in [6, 6.07) is 0. The molecular formula is CHI3O2. The summed E-state index contributed by atoms with van der Waals surface area (Å²) < 4.78 is -0.493. The van der Waals surface area contributed by atoms with Gasteiger partial charge in [0.15, 0.2) is 0 Å². The molecule has 0 fully saturated rings. The van der Waals surface area contributed by atoms with Gasteiger partial charge in [0.25, 0.3) is -0.379 Å². The Kier molecular flexibility index (Phi) is 4.32. The molecule has 0 heterocycles. The van der Waals surface area contributed by atoms with Crippen LogP contribution in [0.2, 0.25) is 0 Å². The van der Waals surface area contributed by atoms with E-state index in [0.29, 0.717) is 0 Å². The van der Waals surface area contributed by atoms with E-state index < -0.39 is -0.379 Å². The van der Waals surface area contributed by atoms with Crippen LogP contribution in [-0.2, 0) is 4.89 Å². The second kappa shape index (κ2) is 3.20. The molecule has 0 saturated heterocycles. The topological polar surface area (TPSA) is 29.5 Å². The average Bonchev–Trinajstić information content (AvgIpc) is 1.35. The summed E-state index contributed by atoms with van der Waals surface area (Å²) in [5.41, 5.74) is 0. The zero-order valence-corrected chi connectivity index (χ0v) is 8.96. The zero-order valence-electron chi connectivity index (χ0n) is 2.49. The average molecular weight is 426 g/mol.